The van der Waals surface area contributed by atoms with E-state index in [4.69, 9.17) is 4.52 Å². The molecule has 1 amide bonds. The van der Waals surface area contributed by atoms with Crippen molar-refractivity contribution in [2.45, 2.75) is 26.2 Å². The number of aryl methyl sites for hydroxylation is 2. The van der Waals surface area contributed by atoms with Crippen molar-refractivity contribution in [1.29, 1.82) is 0 Å². The van der Waals surface area contributed by atoms with Crippen LogP contribution in [0.15, 0.2) is 40.9 Å². The minimum atomic E-state index is -0.644. The van der Waals surface area contributed by atoms with Gasteiger partial charge in [0.05, 0.1) is 5.69 Å². The minimum absolute atomic E-state index is 0.0691. The van der Waals surface area contributed by atoms with Crippen molar-refractivity contribution < 1.29 is 18.1 Å². The average Bonchev–Trinajstić information content (AvgIpc) is 3.26. The van der Waals surface area contributed by atoms with E-state index < -0.39 is 11.6 Å². The first-order valence-electron chi connectivity index (χ1n) is 8.59. The summed E-state index contributed by atoms with van der Waals surface area (Å²) in [7, 11) is 0. The Hall–Kier alpha value is -3.09. The number of rotatable bonds is 3. The lowest BCUT2D eigenvalue weighted by atomic mass is 10.1. The molecule has 0 spiro atoms. The molecule has 1 saturated heterocycles. The number of anilines is 1. The van der Waals surface area contributed by atoms with Gasteiger partial charge in [0.2, 0.25) is 5.91 Å². The summed E-state index contributed by atoms with van der Waals surface area (Å²) in [5, 5.41) is 4.00. The molecule has 0 saturated carbocycles. The molecule has 1 unspecified atom stereocenters. The highest BCUT2D eigenvalue weighted by atomic mass is 19.1. The van der Waals surface area contributed by atoms with Crippen LogP contribution in [0.3, 0.4) is 0 Å². The number of nitrogens with zero attached hydrogens (tertiary/aromatic N) is 3. The summed E-state index contributed by atoms with van der Waals surface area (Å²) < 4.78 is 32.8. The van der Waals surface area contributed by atoms with E-state index in [1.165, 1.54) is 4.90 Å². The van der Waals surface area contributed by atoms with Gasteiger partial charge in [-0.3, -0.25) is 4.79 Å². The van der Waals surface area contributed by atoms with Gasteiger partial charge in [0.15, 0.2) is 5.82 Å². The highest BCUT2D eigenvalue weighted by molar-refractivity contribution is 5.96. The van der Waals surface area contributed by atoms with Gasteiger partial charge in [0.1, 0.15) is 11.6 Å². The van der Waals surface area contributed by atoms with Crippen LogP contribution in [0.25, 0.3) is 11.5 Å². The van der Waals surface area contributed by atoms with E-state index in [2.05, 4.69) is 10.1 Å². The molecule has 0 bridgehead atoms. The second-order valence-corrected chi connectivity index (χ2v) is 6.76. The van der Waals surface area contributed by atoms with Crippen LogP contribution in [0.5, 0.6) is 0 Å². The Bertz CT molecular complexity index is 1030. The molecule has 7 heteroatoms. The second kappa shape index (κ2) is 6.57. The maximum Gasteiger partial charge on any atom is 0.257 e. The van der Waals surface area contributed by atoms with Crippen LogP contribution < -0.4 is 4.90 Å². The molecule has 0 N–H and O–H groups in total. The van der Waals surface area contributed by atoms with Crippen LogP contribution in [0, 0.1) is 25.5 Å². The van der Waals surface area contributed by atoms with Crippen LogP contribution >= 0.6 is 0 Å². The SMILES string of the molecule is Cc1ccc(-c2nc(C3CC(=O)N(c4cc(F)ccc4F)C3)no2)cc1C. The van der Waals surface area contributed by atoms with E-state index in [9.17, 15) is 13.6 Å². The fourth-order valence-electron chi connectivity index (χ4n) is 3.20. The number of aromatic nitrogens is 2. The zero-order valence-corrected chi connectivity index (χ0v) is 14.9. The van der Waals surface area contributed by atoms with Crippen LogP contribution in [-0.4, -0.2) is 22.6 Å². The number of hydrogen-bond acceptors (Lipinski definition) is 4. The first-order chi connectivity index (χ1) is 12.9. The lowest BCUT2D eigenvalue weighted by Gasteiger charge is -2.16. The first-order valence-corrected chi connectivity index (χ1v) is 8.59. The van der Waals surface area contributed by atoms with Gasteiger partial charge in [-0.2, -0.15) is 4.98 Å². The van der Waals surface area contributed by atoms with Crippen LogP contribution in [-0.2, 0) is 4.79 Å². The Labute approximate surface area is 154 Å². The molecular weight excluding hydrogens is 352 g/mol. The molecule has 27 heavy (non-hydrogen) atoms. The predicted octanol–water partition coefficient (Wildman–Crippen LogP) is 4.15. The third-order valence-corrected chi connectivity index (χ3v) is 4.88. The molecule has 0 radical (unpaired) electrons. The van der Waals surface area contributed by atoms with Crippen LogP contribution in [0.1, 0.15) is 29.3 Å². The van der Waals surface area contributed by atoms with E-state index in [0.29, 0.717) is 11.7 Å². The molecule has 4 rings (SSSR count). The van der Waals surface area contributed by atoms with E-state index in [1.807, 2.05) is 32.0 Å². The van der Waals surface area contributed by atoms with Gasteiger partial charge >= 0.3 is 0 Å². The van der Waals surface area contributed by atoms with Gasteiger partial charge in [-0.25, -0.2) is 8.78 Å². The highest BCUT2D eigenvalue weighted by Gasteiger charge is 2.36. The van der Waals surface area contributed by atoms with Crippen molar-refractivity contribution in [2.75, 3.05) is 11.4 Å². The quantitative estimate of drug-likeness (QED) is 0.696. The van der Waals surface area contributed by atoms with E-state index in [0.717, 1.165) is 34.9 Å². The average molecular weight is 369 g/mol. The molecule has 138 valence electrons. The molecule has 1 aromatic heterocycles. The van der Waals surface area contributed by atoms with E-state index in [1.54, 1.807) is 0 Å². The summed E-state index contributed by atoms with van der Waals surface area (Å²) in [5.41, 5.74) is 3.00. The summed E-state index contributed by atoms with van der Waals surface area (Å²) in [6.07, 6.45) is 0.113. The normalized spacial score (nSPS) is 17.0. The van der Waals surface area contributed by atoms with Gasteiger partial charge in [-0.15, -0.1) is 0 Å². The van der Waals surface area contributed by atoms with Crippen molar-refractivity contribution in [1.82, 2.24) is 10.1 Å². The van der Waals surface area contributed by atoms with Gasteiger partial charge in [-0.1, -0.05) is 11.2 Å². The number of carbonyl (C=O) groups excluding carboxylic acids is 1. The maximum atomic E-state index is 14.0. The lowest BCUT2D eigenvalue weighted by molar-refractivity contribution is -0.117. The molecule has 1 fully saturated rings. The van der Waals surface area contributed by atoms with Gasteiger partial charge in [0.25, 0.3) is 5.89 Å². The summed E-state index contributed by atoms with van der Waals surface area (Å²) in [6.45, 7) is 4.19. The van der Waals surface area contributed by atoms with Crippen molar-refractivity contribution in [3.63, 3.8) is 0 Å². The summed E-state index contributed by atoms with van der Waals surface area (Å²) >= 11 is 0. The first kappa shape index (κ1) is 17.3. The Morgan fingerprint density at radius 1 is 1.11 bits per heavy atom. The monoisotopic (exact) mass is 369 g/mol. The molecule has 0 aliphatic carbocycles. The fraction of sp³-hybridized carbons (Fsp3) is 0.250. The third-order valence-electron chi connectivity index (χ3n) is 4.88. The standard InChI is InChI=1S/C20H17F2N3O2/c1-11-3-4-13(7-12(11)2)20-23-19(24-27-20)14-8-18(26)25(10-14)17-9-15(21)5-6-16(17)22/h3-7,9,14H,8,10H2,1-2H3. The zero-order chi connectivity index (χ0) is 19.1. The summed E-state index contributed by atoms with van der Waals surface area (Å²) in [6, 6.07) is 8.88. The Morgan fingerprint density at radius 2 is 1.93 bits per heavy atom. The zero-order valence-electron chi connectivity index (χ0n) is 14.9. The number of hydrogen-bond donors (Lipinski definition) is 0. The highest BCUT2D eigenvalue weighted by Crippen LogP contribution is 2.33. The maximum absolute atomic E-state index is 14.0. The Kier molecular flexibility index (Phi) is 4.22. The van der Waals surface area contributed by atoms with E-state index >= 15 is 0 Å². The summed E-state index contributed by atoms with van der Waals surface area (Å²) in [4.78, 5) is 18.0. The largest absolute Gasteiger partial charge is 0.334 e. The molecule has 5 nitrogen and oxygen atoms in total. The second-order valence-electron chi connectivity index (χ2n) is 6.76. The summed E-state index contributed by atoms with van der Waals surface area (Å²) in [5.74, 6) is -1.13. The van der Waals surface area contributed by atoms with Crippen molar-refractivity contribution in [2.24, 2.45) is 0 Å². The van der Waals surface area contributed by atoms with Gasteiger partial charge < -0.3 is 9.42 Å². The van der Waals surface area contributed by atoms with Crippen molar-refractivity contribution in [3.8, 4) is 11.5 Å². The topological polar surface area (TPSA) is 59.2 Å². The molecule has 2 aromatic carbocycles. The number of carbonyl (C=O) groups is 1. The molecular formula is C20H17F2N3O2. The van der Waals surface area contributed by atoms with Gasteiger partial charge in [0, 0.05) is 30.5 Å². The molecule has 1 atom stereocenters. The Balaban J connectivity index is 1.58. The number of amides is 1. The van der Waals surface area contributed by atoms with Crippen molar-refractivity contribution in [3.05, 3.63) is 65.0 Å². The lowest BCUT2D eigenvalue weighted by Crippen LogP contribution is -2.25. The fourth-order valence-corrected chi connectivity index (χ4v) is 3.20. The Morgan fingerprint density at radius 3 is 2.70 bits per heavy atom. The third kappa shape index (κ3) is 3.20. The molecule has 1 aliphatic heterocycles. The number of benzene rings is 2. The van der Waals surface area contributed by atoms with Crippen LogP contribution in [0.2, 0.25) is 0 Å². The predicted molar refractivity (Wildman–Crippen MR) is 95.3 cm³/mol. The van der Waals surface area contributed by atoms with Gasteiger partial charge in [-0.05, 0) is 49.2 Å². The van der Waals surface area contributed by atoms with Crippen LogP contribution in [0.4, 0.5) is 14.5 Å². The van der Waals surface area contributed by atoms with E-state index in [-0.39, 0.29) is 30.5 Å². The smallest absolute Gasteiger partial charge is 0.257 e. The minimum Gasteiger partial charge on any atom is -0.334 e. The molecule has 2 heterocycles. The van der Waals surface area contributed by atoms with Crippen molar-refractivity contribution >= 4 is 11.6 Å². The molecule has 3 aromatic rings. The number of halogens is 2. The molecule has 1 aliphatic rings.